The highest BCUT2D eigenvalue weighted by Crippen LogP contribution is 2.22. The summed E-state index contributed by atoms with van der Waals surface area (Å²) in [5.41, 5.74) is 0.755. The highest BCUT2D eigenvalue weighted by atomic mass is 19.3. The molecular weight excluding hydrogens is 266 g/mol. The fourth-order valence-electron chi connectivity index (χ4n) is 1.60. The first kappa shape index (κ1) is 12.3. The van der Waals surface area contributed by atoms with Crippen LogP contribution < -0.4 is 0 Å². The first-order valence-corrected chi connectivity index (χ1v) is 5.73. The Labute approximate surface area is 112 Å². The number of hydrogen-bond acceptors (Lipinski definition) is 5. The second-order valence-electron chi connectivity index (χ2n) is 3.91. The van der Waals surface area contributed by atoms with Crippen LogP contribution in [0.5, 0.6) is 0 Å². The molecule has 0 aliphatic carbocycles. The van der Waals surface area contributed by atoms with Crippen molar-refractivity contribution in [2.24, 2.45) is 0 Å². The van der Waals surface area contributed by atoms with E-state index in [1.165, 1.54) is 18.3 Å². The van der Waals surface area contributed by atoms with E-state index in [0.29, 0.717) is 11.3 Å². The molecule has 0 saturated heterocycles. The number of halogens is 2. The van der Waals surface area contributed by atoms with Crippen LogP contribution in [-0.4, -0.2) is 20.1 Å². The summed E-state index contributed by atoms with van der Waals surface area (Å²) in [6.07, 6.45) is 0.297. The summed E-state index contributed by atoms with van der Waals surface area (Å²) >= 11 is 0. The third-order valence-electron chi connectivity index (χ3n) is 2.58. The Kier molecular flexibility index (Phi) is 3.16. The minimum Gasteiger partial charge on any atom is -0.332 e. The summed E-state index contributed by atoms with van der Waals surface area (Å²) in [7, 11) is 0. The van der Waals surface area contributed by atoms with Crippen molar-refractivity contribution >= 4 is 0 Å². The van der Waals surface area contributed by atoms with E-state index in [1.54, 1.807) is 24.4 Å². The second kappa shape index (κ2) is 5.12. The monoisotopic (exact) mass is 274 g/mol. The largest absolute Gasteiger partial charge is 0.332 e. The highest BCUT2D eigenvalue weighted by molar-refractivity contribution is 5.56. The number of hydrogen-bond donors (Lipinski definition) is 0. The van der Waals surface area contributed by atoms with Crippen LogP contribution in [0.15, 0.2) is 47.2 Å². The molecular formula is C13H8F2N4O. The molecule has 0 aliphatic rings. The SMILES string of the molecule is FC(F)c1ccc(-c2noc(-c3ccccn3)n2)cn1. The maximum atomic E-state index is 12.4. The average molecular weight is 274 g/mol. The van der Waals surface area contributed by atoms with E-state index in [0.717, 1.165) is 0 Å². The standard InChI is InChI=1S/C13H8F2N4O/c14-11(15)9-5-4-8(7-17-9)12-18-13(20-19-12)10-3-1-2-6-16-10/h1-7,11H. The molecule has 5 nitrogen and oxygen atoms in total. The van der Waals surface area contributed by atoms with Gasteiger partial charge >= 0.3 is 0 Å². The third kappa shape index (κ3) is 2.37. The fourth-order valence-corrected chi connectivity index (χ4v) is 1.60. The molecule has 3 heterocycles. The van der Waals surface area contributed by atoms with Crippen LogP contribution in [0.2, 0.25) is 0 Å². The van der Waals surface area contributed by atoms with Crippen molar-refractivity contribution in [3.05, 3.63) is 48.4 Å². The molecule has 0 N–H and O–H groups in total. The van der Waals surface area contributed by atoms with E-state index in [1.807, 2.05) is 0 Å². The van der Waals surface area contributed by atoms with Gasteiger partial charge < -0.3 is 4.52 Å². The van der Waals surface area contributed by atoms with Gasteiger partial charge in [-0.3, -0.25) is 9.97 Å². The molecule has 3 aromatic heterocycles. The van der Waals surface area contributed by atoms with Gasteiger partial charge in [-0.05, 0) is 24.3 Å². The second-order valence-corrected chi connectivity index (χ2v) is 3.91. The smallest absolute Gasteiger partial charge is 0.280 e. The van der Waals surface area contributed by atoms with Crippen LogP contribution in [0.3, 0.4) is 0 Å². The first-order chi connectivity index (χ1) is 9.74. The van der Waals surface area contributed by atoms with Crippen molar-refractivity contribution in [3.8, 4) is 23.0 Å². The van der Waals surface area contributed by atoms with Gasteiger partial charge in [0, 0.05) is 18.0 Å². The molecule has 0 aliphatic heterocycles. The van der Waals surface area contributed by atoms with Crippen molar-refractivity contribution in [2.75, 3.05) is 0 Å². The third-order valence-corrected chi connectivity index (χ3v) is 2.58. The number of alkyl halides is 2. The Bertz CT molecular complexity index is 698. The van der Waals surface area contributed by atoms with Gasteiger partial charge in [0.2, 0.25) is 5.82 Å². The van der Waals surface area contributed by atoms with Crippen LogP contribution in [0.4, 0.5) is 8.78 Å². The quantitative estimate of drug-likeness (QED) is 0.734. The Balaban J connectivity index is 1.90. The molecule has 0 aromatic carbocycles. The lowest BCUT2D eigenvalue weighted by Gasteiger charge is -1.98. The Morgan fingerprint density at radius 1 is 1.05 bits per heavy atom. The van der Waals surface area contributed by atoms with E-state index < -0.39 is 6.43 Å². The lowest BCUT2D eigenvalue weighted by Crippen LogP contribution is -1.90. The predicted octanol–water partition coefficient (Wildman–Crippen LogP) is 3.13. The molecule has 0 unspecified atom stereocenters. The summed E-state index contributed by atoms with van der Waals surface area (Å²) in [5.74, 6) is 0.539. The zero-order valence-corrected chi connectivity index (χ0v) is 10.1. The normalized spacial score (nSPS) is 10.9. The average Bonchev–Trinajstić information content (AvgIpc) is 2.98. The van der Waals surface area contributed by atoms with E-state index in [4.69, 9.17) is 4.52 Å². The molecule has 3 rings (SSSR count). The van der Waals surface area contributed by atoms with Gasteiger partial charge in [0.25, 0.3) is 12.3 Å². The van der Waals surface area contributed by atoms with Crippen LogP contribution in [0.25, 0.3) is 23.0 Å². The molecule has 0 saturated carbocycles. The summed E-state index contributed by atoms with van der Waals surface area (Å²) < 4.78 is 29.9. The van der Waals surface area contributed by atoms with Crippen LogP contribution in [-0.2, 0) is 0 Å². The summed E-state index contributed by atoms with van der Waals surface area (Å²) in [4.78, 5) is 11.9. The fraction of sp³-hybridized carbons (Fsp3) is 0.0769. The van der Waals surface area contributed by atoms with Gasteiger partial charge in [0.15, 0.2) is 0 Å². The lowest BCUT2D eigenvalue weighted by atomic mass is 10.2. The number of nitrogens with zero attached hydrogens (tertiary/aromatic N) is 4. The Hall–Kier alpha value is -2.70. The van der Waals surface area contributed by atoms with Gasteiger partial charge in [-0.1, -0.05) is 11.2 Å². The van der Waals surface area contributed by atoms with Crippen LogP contribution in [0, 0.1) is 0 Å². The van der Waals surface area contributed by atoms with Gasteiger partial charge in [-0.2, -0.15) is 4.98 Å². The molecule has 0 amide bonds. The van der Waals surface area contributed by atoms with Crippen LogP contribution >= 0.6 is 0 Å². The molecule has 0 radical (unpaired) electrons. The zero-order chi connectivity index (χ0) is 13.9. The van der Waals surface area contributed by atoms with Gasteiger partial charge in [0.05, 0.1) is 0 Å². The van der Waals surface area contributed by atoms with Crippen LogP contribution in [0.1, 0.15) is 12.1 Å². The summed E-state index contributed by atoms with van der Waals surface area (Å²) in [5, 5.41) is 3.78. The first-order valence-electron chi connectivity index (χ1n) is 5.73. The van der Waals surface area contributed by atoms with Crippen molar-refractivity contribution < 1.29 is 13.3 Å². The Morgan fingerprint density at radius 2 is 1.95 bits per heavy atom. The summed E-state index contributed by atoms with van der Waals surface area (Å²) in [6, 6.07) is 8.01. The molecule has 0 fully saturated rings. The molecule has 7 heteroatoms. The van der Waals surface area contributed by atoms with E-state index >= 15 is 0 Å². The number of aromatic nitrogens is 4. The molecule has 100 valence electrons. The van der Waals surface area contributed by atoms with Crippen molar-refractivity contribution in [3.63, 3.8) is 0 Å². The topological polar surface area (TPSA) is 64.7 Å². The van der Waals surface area contributed by atoms with Crippen molar-refractivity contribution in [2.45, 2.75) is 6.43 Å². The minimum absolute atomic E-state index is 0.263. The maximum Gasteiger partial charge on any atom is 0.280 e. The Morgan fingerprint density at radius 3 is 2.60 bits per heavy atom. The molecule has 0 spiro atoms. The van der Waals surface area contributed by atoms with Crippen molar-refractivity contribution in [1.82, 2.24) is 20.1 Å². The molecule has 20 heavy (non-hydrogen) atoms. The van der Waals surface area contributed by atoms with E-state index in [9.17, 15) is 8.78 Å². The predicted molar refractivity (Wildman–Crippen MR) is 65.7 cm³/mol. The van der Waals surface area contributed by atoms with Gasteiger partial charge in [-0.25, -0.2) is 8.78 Å². The number of rotatable bonds is 3. The maximum absolute atomic E-state index is 12.4. The van der Waals surface area contributed by atoms with E-state index in [2.05, 4.69) is 20.1 Å². The minimum atomic E-state index is -2.60. The van der Waals surface area contributed by atoms with E-state index in [-0.39, 0.29) is 17.4 Å². The summed E-state index contributed by atoms with van der Waals surface area (Å²) in [6.45, 7) is 0. The molecule has 0 atom stereocenters. The van der Waals surface area contributed by atoms with Gasteiger partial charge in [-0.15, -0.1) is 0 Å². The number of pyridine rings is 2. The van der Waals surface area contributed by atoms with Crippen molar-refractivity contribution in [1.29, 1.82) is 0 Å². The molecule has 0 bridgehead atoms. The molecule has 3 aromatic rings. The lowest BCUT2D eigenvalue weighted by molar-refractivity contribution is 0.146. The van der Waals surface area contributed by atoms with Gasteiger partial charge in [0.1, 0.15) is 11.4 Å². The highest BCUT2D eigenvalue weighted by Gasteiger charge is 2.13. The zero-order valence-electron chi connectivity index (χ0n) is 10.1.